The van der Waals surface area contributed by atoms with Crippen molar-refractivity contribution in [2.24, 2.45) is 0 Å². The normalized spacial score (nSPS) is 19.8. The minimum Gasteiger partial charge on any atom is -0.491 e. The lowest BCUT2D eigenvalue weighted by atomic mass is 9.88. The molecule has 0 aliphatic carbocycles. The Bertz CT molecular complexity index is 1640. The fourth-order valence-electron chi connectivity index (χ4n) is 5.71. The van der Waals surface area contributed by atoms with Crippen LogP contribution in [0.2, 0.25) is 0 Å². The van der Waals surface area contributed by atoms with Crippen LogP contribution < -0.4 is 14.8 Å². The van der Waals surface area contributed by atoms with Crippen LogP contribution in [-0.2, 0) is 31.3 Å². The summed E-state index contributed by atoms with van der Waals surface area (Å²) in [6, 6.07) is 13.1. The van der Waals surface area contributed by atoms with Gasteiger partial charge in [-0.3, -0.25) is 4.68 Å². The van der Waals surface area contributed by atoms with Crippen LogP contribution in [0, 0.1) is 0 Å². The average molecular weight is 648 g/mol. The summed E-state index contributed by atoms with van der Waals surface area (Å²) in [6.45, 7) is 4.36. The molecule has 2 aliphatic rings. The largest absolute Gasteiger partial charge is 0.491 e. The van der Waals surface area contributed by atoms with Gasteiger partial charge in [-0.25, -0.2) is 21.6 Å². The van der Waals surface area contributed by atoms with Crippen molar-refractivity contribution in [3.63, 3.8) is 0 Å². The molecular weight excluding hydrogens is 606 g/mol. The zero-order valence-electron chi connectivity index (χ0n) is 25.1. The first-order chi connectivity index (χ1) is 21.0. The van der Waals surface area contributed by atoms with E-state index in [4.69, 9.17) is 9.47 Å². The molecule has 14 heteroatoms. The van der Waals surface area contributed by atoms with Crippen molar-refractivity contribution in [3.8, 4) is 16.9 Å². The topological polar surface area (TPSA) is 152 Å². The van der Waals surface area contributed by atoms with Gasteiger partial charge >= 0.3 is 0 Å². The highest BCUT2D eigenvalue weighted by molar-refractivity contribution is 7.89. The Kier molecular flexibility index (Phi) is 10.1. The molecule has 3 N–H and O–H groups in total. The maximum absolute atomic E-state index is 13.6. The second kappa shape index (κ2) is 13.6. The molecule has 1 aromatic heterocycles. The van der Waals surface area contributed by atoms with E-state index in [2.05, 4.69) is 22.1 Å². The van der Waals surface area contributed by atoms with Crippen molar-refractivity contribution >= 4 is 20.0 Å². The van der Waals surface area contributed by atoms with Crippen LogP contribution in [0.1, 0.15) is 32.6 Å². The summed E-state index contributed by atoms with van der Waals surface area (Å²) in [5.74, 6) is 0.347. The van der Waals surface area contributed by atoms with Crippen molar-refractivity contribution in [3.05, 3.63) is 60.9 Å². The smallest absolute Gasteiger partial charge is 0.243 e. The summed E-state index contributed by atoms with van der Waals surface area (Å²) in [6.07, 6.45) is 5.74. The number of ether oxygens (including phenoxy) is 2. The van der Waals surface area contributed by atoms with Crippen LogP contribution in [-0.4, -0.2) is 93.7 Å². The van der Waals surface area contributed by atoms with Crippen LogP contribution >= 0.6 is 0 Å². The molecule has 0 amide bonds. The predicted octanol–water partition coefficient (Wildman–Crippen LogP) is 2.21. The number of rotatable bonds is 13. The molecule has 3 heterocycles. The standard InChI is InChI=1S/C30H41N5O7S2/c1-3-12-34-20-24(18-33-34)23-6-4-9-29(15-23)44(39,40)35-13-10-30(11-14-35)17-25(21-42-30)32-19-26(36)22-41-27-7-5-8-28(16-27)43(37,38)31-2/h4-9,15-16,18,20,25-26,31-32,36H,3,10-14,17,19,21-22H2,1-2H3. The minimum atomic E-state index is -3.67. The van der Waals surface area contributed by atoms with Crippen LogP contribution in [0.3, 0.4) is 0 Å². The number of hydrogen-bond acceptors (Lipinski definition) is 9. The molecule has 5 rings (SSSR count). The molecule has 3 aromatic rings. The van der Waals surface area contributed by atoms with Gasteiger partial charge in [0.25, 0.3) is 0 Å². The number of aliphatic hydroxyl groups is 1. The third-order valence-corrected chi connectivity index (χ3v) is 11.5. The number of aromatic nitrogens is 2. The van der Waals surface area contributed by atoms with Gasteiger partial charge in [0.15, 0.2) is 0 Å². The summed E-state index contributed by atoms with van der Waals surface area (Å²) in [4.78, 5) is 0.356. The SMILES string of the molecule is CCCn1cc(-c2cccc(S(=O)(=O)N3CCC4(CC3)CC(NCC(O)COc3cccc(S(=O)(=O)NC)c3)CO4)c2)cn1. The quantitative estimate of drug-likeness (QED) is 0.254. The molecule has 44 heavy (non-hydrogen) atoms. The van der Waals surface area contributed by atoms with Gasteiger partial charge in [-0.1, -0.05) is 25.1 Å². The highest BCUT2D eigenvalue weighted by Crippen LogP contribution is 2.37. The number of piperidine rings is 1. The van der Waals surface area contributed by atoms with Gasteiger partial charge in [0.2, 0.25) is 20.0 Å². The third-order valence-electron chi connectivity index (χ3n) is 8.20. The molecule has 0 bridgehead atoms. The zero-order chi connectivity index (χ0) is 31.4. The van der Waals surface area contributed by atoms with Gasteiger partial charge in [-0.15, -0.1) is 0 Å². The van der Waals surface area contributed by atoms with Crippen LogP contribution in [0.5, 0.6) is 5.75 Å². The van der Waals surface area contributed by atoms with Crippen molar-refractivity contribution in [1.29, 1.82) is 0 Å². The second-order valence-corrected chi connectivity index (χ2v) is 15.2. The van der Waals surface area contributed by atoms with Gasteiger partial charge < -0.3 is 19.9 Å². The van der Waals surface area contributed by atoms with Crippen LogP contribution in [0.25, 0.3) is 11.1 Å². The first kappa shape index (κ1) is 32.5. The lowest BCUT2D eigenvalue weighted by molar-refractivity contribution is -0.0312. The number of sulfonamides is 2. The van der Waals surface area contributed by atoms with Gasteiger partial charge in [-0.05, 0) is 62.6 Å². The Hall–Kier alpha value is -2.85. The number of benzene rings is 2. The maximum atomic E-state index is 13.6. The lowest BCUT2D eigenvalue weighted by Gasteiger charge is -2.38. The summed E-state index contributed by atoms with van der Waals surface area (Å²) < 4.78 is 68.6. The predicted molar refractivity (Wildman–Crippen MR) is 165 cm³/mol. The van der Waals surface area contributed by atoms with E-state index in [9.17, 15) is 21.9 Å². The summed E-state index contributed by atoms with van der Waals surface area (Å²) in [5.41, 5.74) is 1.30. The van der Waals surface area contributed by atoms with Crippen molar-refractivity contribution in [2.75, 3.05) is 39.9 Å². The summed E-state index contributed by atoms with van der Waals surface area (Å²) in [5, 5.41) is 18.2. The fraction of sp³-hybridized carbons (Fsp3) is 0.500. The Morgan fingerprint density at radius 2 is 1.84 bits per heavy atom. The summed E-state index contributed by atoms with van der Waals surface area (Å²) >= 11 is 0. The first-order valence-corrected chi connectivity index (χ1v) is 17.8. The second-order valence-electron chi connectivity index (χ2n) is 11.4. The minimum absolute atomic E-state index is 0.0100. The van der Waals surface area contributed by atoms with E-state index in [1.807, 2.05) is 16.9 Å². The van der Waals surface area contributed by atoms with E-state index in [1.54, 1.807) is 40.8 Å². The molecular formula is C30H41N5O7S2. The molecule has 240 valence electrons. The van der Waals surface area contributed by atoms with E-state index in [-0.39, 0.29) is 29.0 Å². The first-order valence-electron chi connectivity index (χ1n) is 14.9. The Labute approximate surface area is 259 Å². The highest BCUT2D eigenvalue weighted by atomic mass is 32.2. The Balaban J connectivity index is 1.10. The molecule has 0 saturated carbocycles. The molecule has 2 aromatic carbocycles. The molecule has 0 radical (unpaired) electrons. The molecule has 1 spiro atoms. The molecule has 2 unspecified atom stereocenters. The number of nitrogens with one attached hydrogen (secondary N) is 2. The third kappa shape index (κ3) is 7.50. The van der Waals surface area contributed by atoms with Crippen molar-refractivity contribution in [2.45, 2.75) is 66.7 Å². The van der Waals surface area contributed by atoms with Crippen molar-refractivity contribution < 1.29 is 31.4 Å². The molecule has 2 atom stereocenters. The van der Waals surface area contributed by atoms with Gasteiger partial charge in [-0.2, -0.15) is 9.40 Å². The molecule has 2 saturated heterocycles. The van der Waals surface area contributed by atoms with Gasteiger partial charge in [0.1, 0.15) is 18.5 Å². The lowest BCUT2D eigenvalue weighted by Crippen LogP contribution is -2.47. The van der Waals surface area contributed by atoms with E-state index in [0.717, 1.165) is 30.5 Å². The van der Waals surface area contributed by atoms with Crippen molar-refractivity contribution in [1.82, 2.24) is 24.1 Å². The van der Waals surface area contributed by atoms with E-state index < -0.39 is 31.8 Å². The molecule has 12 nitrogen and oxygen atoms in total. The number of aliphatic hydroxyl groups excluding tert-OH is 1. The van der Waals surface area contributed by atoms with Gasteiger partial charge in [0.05, 0.1) is 28.2 Å². The molecule has 2 fully saturated rings. The molecule has 2 aliphatic heterocycles. The number of hydrogen-bond donors (Lipinski definition) is 3. The average Bonchev–Trinajstić information content (AvgIpc) is 3.67. The van der Waals surface area contributed by atoms with E-state index in [1.165, 1.54) is 19.2 Å². The monoisotopic (exact) mass is 647 g/mol. The van der Waals surface area contributed by atoms with Gasteiger partial charge in [0, 0.05) is 50.0 Å². The highest BCUT2D eigenvalue weighted by Gasteiger charge is 2.44. The number of nitrogens with zero attached hydrogens (tertiary/aromatic N) is 3. The maximum Gasteiger partial charge on any atom is 0.243 e. The van der Waals surface area contributed by atoms with E-state index in [0.29, 0.717) is 38.3 Å². The summed E-state index contributed by atoms with van der Waals surface area (Å²) in [7, 11) is -5.92. The number of aryl methyl sites for hydroxylation is 1. The van der Waals surface area contributed by atoms with E-state index >= 15 is 0 Å². The van der Waals surface area contributed by atoms with Crippen LogP contribution in [0.15, 0.2) is 70.7 Å². The Morgan fingerprint density at radius 3 is 2.59 bits per heavy atom. The zero-order valence-corrected chi connectivity index (χ0v) is 26.7. The fourth-order valence-corrected chi connectivity index (χ4v) is 7.96. The van der Waals surface area contributed by atoms with Crippen LogP contribution in [0.4, 0.5) is 0 Å². The Morgan fingerprint density at radius 1 is 1.09 bits per heavy atom.